The van der Waals surface area contributed by atoms with E-state index in [0.717, 1.165) is 11.1 Å². The molecular formula is C10H8LiN3O2. The minimum absolute atomic E-state index is 0. The van der Waals surface area contributed by atoms with E-state index in [1.165, 1.54) is 12.4 Å². The first-order valence-corrected chi connectivity index (χ1v) is 4.23. The van der Waals surface area contributed by atoms with Crippen molar-refractivity contribution in [3.8, 4) is 11.1 Å². The number of aromatic nitrogens is 3. The van der Waals surface area contributed by atoms with Gasteiger partial charge in [0, 0.05) is 30.4 Å². The standard InChI is InChI=1S/C10H7N3O2.Li.H/c14-10(15)9-12-5-8(6-13-9)7-1-3-11-4-2-7;;/h1-6H,(H,14,15);;. The van der Waals surface area contributed by atoms with E-state index >= 15 is 0 Å². The van der Waals surface area contributed by atoms with E-state index in [1.54, 1.807) is 24.5 Å². The number of carbonyl (C=O) groups is 1. The van der Waals surface area contributed by atoms with Crippen LogP contribution in [0.3, 0.4) is 0 Å². The molecule has 0 saturated carbocycles. The molecule has 2 aromatic heterocycles. The molecule has 2 rings (SSSR count). The van der Waals surface area contributed by atoms with Gasteiger partial charge in [0.05, 0.1) is 0 Å². The summed E-state index contributed by atoms with van der Waals surface area (Å²) in [6.07, 6.45) is 6.26. The van der Waals surface area contributed by atoms with Crippen LogP contribution in [0.2, 0.25) is 0 Å². The zero-order valence-electron chi connectivity index (χ0n) is 7.66. The molecule has 5 nitrogen and oxygen atoms in total. The average Bonchev–Trinajstić information content (AvgIpc) is 2.30. The molecule has 0 fully saturated rings. The fourth-order valence-electron chi connectivity index (χ4n) is 1.13. The van der Waals surface area contributed by atoms with Crippen molar-refractivity contribution in [3.05, 3.63) is 42.7 Å². The number of carboxylic acids is 1. The molecule has 0 amide bonds. The van der Waals surface area contributed by atoms with Crippen molar-refractivity contribution in [1.29, 1.82) is 0 Å². The van der Waals surface area contributed by atoms with Gasteiger partial charge in [-0.2, -0.15) is 0 Å². The monoisotopic (exact) mass is 209 g/mol. The topological polar surface area (TPSA) is 76.0 Å². The van der Waals surface area contributed by atoms with E-state index in [4.69, 9.17) is 5.11 Å². The molecule has 0 saturated heterocycles. The molecule has 1 N–H and O–H groups in total. The Labute approximate surface area is 104 Å². The Kier molecular flexibility index (Phi) is 4.17. The molecule has 0 radical (unpaired) electrons. The molecule has 0 unspecified atom stereocenters. The van der Waals surface area contributed by atoms with Crippen LogP contribution in [0.25, 0.3) is 11.1 Å². The van der Waals surface area contributed by atoms with Crippen LogP contribution < -0.4 is 0 Å². The van der Waals surface area contributed by atoms with E-state index in [9.17, 15) is 4.79 Å². The molecule has 0 spiro atoms. The molecule has 0 aliphatic rings. The Balaban J connectivity index is 0.00000128. The Morgan fingerprint density at radius 3 is 2.12 bits per heavy atom. The molecule has 76 valence electrons. The van der Waals surface area contributed by atoms with Crippen molar-refractivity contribution in [1.82, 2.24) is 15.0 Å². The predicted molar refractivity (Wildman–Crippen MR) is 59.4 cm³/mol. The van der Waals surface area contributed by atoms with E-state index in [0.29, 0.717) is 0 Å². The van der Waals surface area contributed by atoms with Gasteiger partial charge in [-0.25, -0.2) is 14.8 Å². The number of rotatable bonds is 2. The van der Waals surface area contributed by atoms with Gasteiger partial charge in [-0.1, -0.05) is 0 Å². The number of hydrogen-bond acceptors (Lipinski definition) is 4. The van der Waals surface area contributed by atoms with Gasteiger partial charge in [0.1, 0.15) is 0 Å². The molecule has 0 bridgehead atoms. The van der Waals surface area contributed by atoms with Crippen LogP contribution in [0, 0.1) is 0 Å². The Bertz CT molecular complexity index is 473. The van der Waals surface area contributed by atoms with Crippen LogP contribution in [0.1, 0.15) is 10.6 Å². The van der Waals surface area contributed by atoms with Crippen molar-refractivity contribution in [2.75, 3.05) is 0 Å². The van der Waals surface area contributed by atoms with Crippen molar-refractivity contribution < 1.29 is 9.90 Å². The van der Waals surface area contributed by atoms with Crippen LogP contribution in [0.5, 0.6) is 0 Å². The number of pyridine rings is 1. The molecule has 2 aromatic rings. The van der Waals surface area contributed by atoms with Crippen LogP contribution in [-0.2, 0) is 0 Å². The predicted octanol–water partition coefficient (Wildman–Crippen LogP) is 0.588. The van der Waals surface area contributed by atoms with E-state index < -0.39 is 5.97 Å². The average molecular weight is 209 g/mol. The summed E-state index contributed by atoms with van der Waals surface area (Å²) >= 11 is 0. The fraction of sp³-hybridized carbons (Fsp3) is 0. The van der Waals surface area contributed by atoms with Gasteiger partial charge in [0.15, 0.2) is 0 Å². The first-order chi connectivity index (χ1) is 7.27. The molecule has 16 heavy (non-hydrogen) atoms. The van der Waals surface area contributed by atoms with Gasteiger partial charge in [0.25, 0.3) is 0 Å². The van der Waals surface area contributed by atoms with Gasteiger partial charge in [0.2, 0.25) is 5.82 Å². The maximum atomic E-state index is 10.5. The van der Waals surface area contributed by atoms with Crippen LogP contribution in [0.4, 0.5) is 0 Å². The normalized spacial score (nSPS) is 9.25. The Morgan fingerprint density at radius 2 is 1.62 bits per heavy atom. The van der Waals surface area contributed by atoms with Gasteiger partial charge in [-0.15, -0.1) is 0 Å². The van der Waals surface area contributed by atoms with Crippen LogP contribution in [-0.4, -0.2) is 44.9 Å². The molecule has 0 aromatic carbocycles. The molecule has 2 heterocycles. The summed E-state index contributed by atoms with van der Waals surface area (Å²) < 4.78 is 0. The summed E-state index contributed by atoms with van der Waals surface area (Å²) in [5.41, 5.74) is 1.67. The summed E-state index contributed by atoms with van der Waals surface area (Å²) in [6.45, 7) is 0. The number of carboxylic acid groups (broad SMARTS) is 1. The summed E-state index contributed by atoms with van der Waals surface area (Å²) in [6, 6.07) is 3.61. The third-order valence-corrected chi connectivity index (χ3v) is 1.86. The Hall–Kier alpha value is -1.70. The van der Waals surface area contributed by atoms with Crippen LogP contribution in [0.15, 0.2) is 36.9 Å². The van der Waals surface area contributed by atoms with Gasteiger partial charge < -0.3 is 5.11 Å². The molecule has 0 aliphatic heterocycles. The first-order valence-electron chi connectivity index (χ1n) is 4.23. The SMILES string of the molecule is O=C(O)c1ncc(-c2ccncc2)cn1.[LiH]. The number of hydrogen-bond donors (Lipinski definition) is 1. The van der Waals surface area contributed by atoms with E-state index in [2.05, 4.69) is 15.0 Å². The van der Waals surface area contributed by atoms with Crippen LogP contribution >= 0.6 is 0 Å². The van der Waals surface area contributed by atoms with Crippen molar-refractivity contribution in [2.24, 2.45) is 0 Å². The van der Waals surface area contributed by atoms with Crippen molar-refractivity contribution >= 4 is 24.8 Å². The van der Waals surface area contributed by atoms with Gasteiger partial charge >= 0.3 is 24.8 Å². The third kappa shape index (κ3) is 2.66. The molecular weight excluding hydrogens is 201 g/mol. The fourth-order valence-corrected chi connectivity index (χ4v) is 1.13. The summed E-state index contributed by atoms with van der Waals surface area (Å²) in [5.74, 6) is -1.33. The van der Waals surface area contributed by atoms with Gasteiger partial charge in [-0.3, -0.25) is 4.98 Å². The number of aromatic carboxylic acids is 1. The first kappa shape index (κ1) is 12.4. The maximum absolute atomic E-state index is 10.5. The molecule has 0 aliphatic carbocycles. The van der Waals surface area contributed by atoms with Crippen molar-refractivity contribution in [2.45, 2.75) is 0 Å². The second-order valence-corrected chi connectivity index (χ2v) is 2.84. The molecule has 0 atom stereocenters. The zero-order chi connectivity index (χ0) is 10.7. The van der Waals surface area contributed by atoms with Crippen molar-refractivity contribution in [3.63, 3.8) is 0 Å². The third-order valence-electron chi connectivity index (χ3n) is 1.86. The summed E-state index contributed by atoms with van der Waals surface area (Å²) in [4.78, 5) is 21.8. The van der Waals surface area contributed by atoms with Gasteiger partial charge in [-0.05, 0) is 17.7 Å². The summed E-state index contributed by atoms with van der Waals surface area (Å²) in [7, 11) is 0. The number of nitrogens with zero attached hydrogens (tertiary/aromatic N) is 3. The zero-order valence-corrected chi connectivity index (χ0v) is 7.66. The summed E-state index contributed by atoms with van der Waals surface area (Å²) in [5, 5.41) is 8.61. The Morgan fingerprint density at radius 1 is 1.06 bits per heavy atom. The second kappa shape index (κ2) is 5.40. The van der Waals surface area contributed by atoms with E-state index in [1.807, 2.05) is 0 Å². The quantitative estimate of drug-likeness (QED) is 0.732. The van der Waals surface area contributed by atoms with E-state index in [-0.39, 0.29) is 24.7 Å². The molecule has 6 heteroatoms. The second-order valence-electron chi connectivity index (χ2n) is 2.84. The minimum atomic E-state index is -1.13.